The monoisotopic (exact) mass is 252 g/mol. The molecule has 0 aliphatic carbocycles. The summed E-state index contributed by atoms with van der Waals surface area (Å²) in [6.07, 6.45) is 0. The maximum atomic E-state index is 11.4. The van der Waals surface area contributed by atoms with Gasteiger partial charge in [0.25, 0.3) is 0 Å². The first-order valence-electron chi connectivity index (χ1n) is 5.33. The first kappa shape index (κ1) is 13.8. The summed E-state index contributed by atoms with van der Waals surface area (Å²) in [5.74, 6) is -0.333. The summed E-state index contributed by atoms with van der Waals surface area (Å²) in [5.41, 5.74) is -0.145. The van der Waals surface area contributed by atoms with Crippen LogP contribution >= 0.6 is 11.8 Å². The van der Waals surface area contributed by atoms with E-state index in [0.29, 0.717) is 5.75 Å². The molecule has 0 fully saturated rings. The number of carbonyl (C=O) groups is 2. The highest BCUT2D eigenvalue weighted by Gasteiger charge is 2.38. The Labute approximate surface area is 105 Å². The van der Waals surface area contributed by atoms with Crippen LogP contribution in [-0.2, 0) is 15.3 Å². The zero-order valence-electron chi connectivity index (χ0n) is 9.97. The van der Waals surface area contributed by atoms with Crippen molar-refractivity contribution in [1.82, 2.24) is 0 Å². The Morgan fingerprint density at radius 2 is 1.88 bits per heavy atom. The average molecular weight is 252 g/mol. The van der Waals surface area contributed by atoms with Crippen LogP contribution in [0.4, 0.5) is 0 Å². The second kappa shape index (κ2) is 5.87. The number of carboxylic acids is 1. The van der Waals surface area contributed by atoms with Crippen LogP contribution in [0.3, 0.4) is 0 Å². The number of thioether (sulfide) groups is 1. The van der Waals surface area contributed by atoms with Crippen LogP contribution in [-0.4, -0.2) is 22.6 Å². The molecule has 1 N–H and O–H groups in total. The Hall–Kier alpha value is -1.29. The maximum Gasteiger partial charge on any atom is 0.317 e. The fourth-order valence-corrected chi connectivity index (χ4v) is 2.53. The molecule has 0 aromatic heterocycles. The highest BCUT2D eigenvalue weighted by molar-refractivity contribution is 7.98. The SMILES string of the molecule is CC(=O)[C@@](C)(CSCc1ccccc1)C(=O)O. The van der Waals surface area contributed by atoms with Gasteiger partial charge in [-0.3, -0.25) is 9.59 Å². The molecule has 0 saturated carbocycles. The van der Waals surface area contributed by atoms with Crippen LogP contribution in [0.25, 0.3) is 0 Å². The van der Waals surface area contributed by atoms with Gasteiger partial charge < -0.3 is 5.11 Å². The van der Waals surface area contributed by atoms with Crippen molar-refractivity contribution in [1.29, 1.82) is 0 Å². The quantitative estimate of drug-likeness (QED) is 0.791. The van der Waals surface area contributed by atoms with E-state index in [4.69, 9.17) is 5.11 Å². The van der Waals surface area contributed by atoms with Gasteiger partial charge in [-0.25, -0.2) is 0 Å². The number of Topliss-reactive ketones (excluding diaryl/α,β-unsaturated/α-hetero) is 1. The van der Waals surface area contributed by atoms with Crippen molar-refractivity contribution < 1.29 is 14.7 Å². The van der Waals surface area contributed by atoms with Crippen LogP contribution in [0.1, 0.15) is 19.4 Å². The van der Waals surface area contributed by atoms with Gasteiger partial charge in [0.2, 0.25) is 0 Å². The number of benzene rings is 1. The molecule has 17 heavy (non-hydrogen) atoms. The number of carboxylic acid groups (broad SMARTS) is 1. The topological polar surface area (TPSA) is 54.4 Å². The van der Waals surface area contributed by atoms with Crippen molar-refractivity contribution in [2.75, 3.05) is 5.75 Å². The van der Waals surface area contributed by atoms with Gasteiger partial charge in [-0.15, -0.1) is 0 Å². The van der Waals surface area contributed by atoms with Gasteiger partial charge in [0.15, 0.2) is 0 Å². The fraction of sp³-hybridized carbons (Fsp3) is 0.385. The van der Waals surface area contributed by atoms with Gasteiger partial charge in [0.05, 0.1) is 0 Å². The molecule has 0 spiro atoms. The first-order valence-corrected chi connectivity index (χ1v) is 6.48. The Balaban J connectivity index is 2.55. The summed E-state index contributed by atoms with van der Waals surface area (Å²) in [6, 6.07) is 9.79. The second-order valence-electron chi connectivity index (χ2n) is 4.17. The van der Waals surface area contributed by atoms with Crippen molar-refractivity contribution in [3.63, 3.8) is 0 Å². The Kier molecular flexibility index (Phi) is 4.75. The molecule has 0 heterocycles. The number of aliphatic carboxylic acids is 1. The molecule has 1 rings (SSSR count). The molecule has 4 heteroatoms. The number of carbonyl (C=O) groups excluding carboxylic acids is 1. The molecule has 3 nitrogen and oxygen atoms in total. The van der Waals surface area contributed by atoms with E-state index in [-0.39, 0.29) is 5.78 Å². The molecule has 0 aliphatic rings. The summed E-state index contributed by atoms with van der Waals surface area (Å²) in [6.45, 7) is 2.81. The smallest absolute Gasteiger partial charge is 0.317 e. The minimum absolute atomic E-state index is 0.298. The summed E-state index contributed by atoms with van der Waals surface area (Å²) in [5, 5.41) is 9.07. The van der Waals surface area contributed by atoms with E-state index in [1.165, 1.54) is 25.6 Å². The third-order valence-corrected chi connectivity index (χ3v) is 4.07. The van der Waals surface area contributed by atoms with Crippen molar-refractivity contribution in [2.24, 2.45) is 5.41 Å². The highest BCUT2D eigenvalue weighted by Crippen LogP contribution is 2.26. The summed E-state index contributed by atoms with van der Waals surface area (Å²) >= 11 is 1.47. The number of ketones is 1. The molecule has 1 aromatic carbocycles. The predicted molar refractivity (Wildman–Crippen MR) is 69.0 cm³/mol. The van der Waals surface area contributed by atoms with Crippen molar-refractivity contribution >= 4 is 23.5 Å². The number of hydrogen-bond donors (Lipinski definition) is 1. The van der Waals surface area contributed by atoms with Gasteiger partial charge in [-0.05, 0) is 19.4 Å². The molecule has 1 atom stereocenters. The van der Waals surface area contributed by atoms with E-state index < -0.39 is 11.4 Å². The van der Waals surface area contributed by atoms with Gasteiger partial charge in [-0.2, -0.15) is 11.8 Å². The van der Waals surface area contributed by atoms with Gasteiger partial charge >= 0.3 is 5.97 Å². The Bertz CT molecular complexity index is 386. The van der Waals surface area contributed by atoms with Crippen LogP contribution in [0.15, 0.2) is 30.3 Å². The average Bonchev–Trinajstić information content (AvgIpc) is 2.29. The van der Waals surface area contributed by atoms with Crippen molar-refractivity contribution in [3.05, 3.63) is 35.9 Å². The molecule has 0 aliphatic heterocycles. The minimum atomic E-state index is -1.28. The molecular formula is C13H16O3S. The van der Waals surface area contributed by atoms with Crippen molar-refractivity contribution in [2.45, 2.75) is 19.6 Å². The van der Waals surface area contributed by atoms with E-state index in [0.717, 1.165) is 11.3 Å². The minimum Gasteiger partial charge on any atom is -0.480 e. The lowest BCUT2D eigenvalue weighted by Gasteiger charge is -2.20. The standard InChI is InChI=1S/C13H16O3S/c1-10(14)13(2,12(15)16)9-17-8-11-6-4-3-5-7-11/h3-7H,8-9H2,1-2H3,(H,15,16)/t13-/m1/s1. The first-order chi connectivity index (χ1) is 7.97. The summed E-state index contributed by atoms with van der Waals surface area (Å²) < 4.78 is 0. The van der Waals surface area contributed by atoms with Crippen LogP contribution < -0.4 is 0 Å². The summed E-state index contributed by atoms with van der Waals surface area (Å²) in [4.78, 5) is 22.4. The Morgan fingerprint density at radius 1 is 1.29 bits per heavy atom. The molecule has 0 unspecified atom stereocenters. The lowest BCUT2D eigenvalue weighted by Crippen LogP contribution is -2.37. The zero-order chi connectivity index (χ0) is 12.9. The van der Waals surface area contributed by atoms with Crippen LogP contribution in [0.5, 0.6) is 0 Å². The largest absolute Gasteiger partial charge is 0.480 e. The van der Waals surface area contributed by atoms with E-state index in [2.05, 4.69) is 0 Å². The zero-order valence-corrected chi connectivity index (χ0v) is 10.8. The summed E-state index contributed by atoms with van der Waals surface area (Å²) in [7, 11) is 0. The predicted octanol–water partition coefficient (Wildman–Crippen LogP) is 2.60. The van der Waals surface area contributed by atoms with E-state index in [9.17, 15) is 9.59 Å². The van der Waals surface area contributed by atoms with Crippen molar-refractivity contribution in [3.8, 4) is 0 Å². The number of hydrogen-bond acceptors (Lipinski definition) is 3. The number of rotatable bonds is 6. The maximum absolute atomic E-state index is 11.4. The second-order valence-corrected chi connectivity index (χ2v) is 5.16. The molecule has 0 radical (unpaired) electrons. The van der Waals surface area contributed by atoms with E-state index in [1.807, 2.05) is 30.3 Å². The molecular weight excluding hydrogens is 236 g/mol. The van der Waals surface area contributed by atoms with Crippen LogP contribution in [0.2, 0.25) is 0 Å². The molecule has 0 saturated heterocycles. The fourth-order valence-electron chi connectivity index (χ4n) is 1.26. The lowest BCUT2D eigenvalue weighted by molar-refractivity contribution is -0.151. The third-order valence-electron chi connectivity index (χ3n) is 2.75. The van der Waals surface area contributed by atoms with Gasteiger partial charge in [-0.1, -0.05) is 30.3 Å². The highest BCUT2D eigenvalue weighted by atomic mass is 32.2. The molecule has 0 bridgehead atoms. The molecule has 0 amide bonds. The van der Waals surface area contributed by atoms with E-state index >= 15 is 0 Å². The normalized spacial score (nSPS) is 14.0. The molecule has 1 aromatic rings. The third kappa shape index (κ3) is 3.60. The lowest BCUT2D eigenvalue weighted by atomic mass is 9.89. The van der Waals surface area contributed by atoms with E-state index in [1.54, 1.807) is 0 Å². The molecule has 92 valence electrons. The van der Waals surface area contributed by atoms with Crippen LogP contribution in [0, 0.1) is 5.41 Å². The van der Waals surface area contributed by atoms with Gasteiger partial charge in [0, 0.05) is 11.5 Å². The Morgan fingerprint density at radius 3 is 2.35 bits per heavy atom. The van der Waals surface area contributed by atoms with Gasteiger partial charge in [0.1, 0.15) is 11.2 Å².